The molecule has 0 aliphatic heterocycles. The summed E-state index contributed by atoms with van der Waals surface area (Å²) in [5, 5.41) is 22.9. The van der Waals surface area contributed by atoms with Gasteiger partial charge in [0, 0.05) is 6.42 Å². The van der Waals surface area contributed by atoms with E-state index in [1.54, 1.807) is 0 Å². The molecule has 0 aliphatic carbocycles. The topological polar surface area (TPSA) is 69.6 Å². The van der Waals surface area contributed by atoms with E-state index in [2.05, 4.69) is 31.3 Å². The zero-order valence-corrected chi connectivity index (χ0v) is 25.7. The molecular weight excluding hydrogens is 470 g/mol. The number of aliphatic hydroxyl groups excluding tert-OH is 2. The van der Waals surface area contributed by atoms with Crippen molar-refractivity contribution in [2.75, 3.05) is 6.61 Å². The number of rotatable bonds is 30. The lowest BCUT2D eigenvalue weighted by Crippen LogP contribution is -2.45. The smallest absolute Gasteiger partial charge is 0.220 e. The molecule has 0 radical (unpaired) electrons. The fourth-order valence-electron chi connectivity index (χ4n) is 5.12. The van der Waals surface area contributed by atoms with Crippen LogP contribution in [-0.4, -0.2) is 34.9 Å². The minimum atomic E-state index is -0.656. The monoisotopic (exact) mass is 538 g/mol. The molecule has 2 atom stereocenters. The van der Waals surface area contributed by atoms with Crippen molar-refractivity contribution in [2.45, 2.75) is 193 Å². The molecule has 0 aromatic heterocycles. The standard InChI is InChI=1S/C34H67NO3/c1-3-5-7-9-11-13-15-16-17-18-20-22-24-26-28-30-34(38)35-32(31-36)33(37)29-27-25-23-21-19-14-12-10-8-6-4-2/h16-17,32-33,36-37H,3-15,18-31H2,1-2H3,(H,35,38)/b17-16+/t32-,33+/m0/s1. The van der Waals surface area contributed by atoms with Gasteiger partial charge in [-0.25, -0.2) is 0 Å². The molecule has 0 spiro atoms. The second kappa shape index (κ2) is 30.7. The first-order chi connectivity index (χ1) is 18.7. The molecule has 0 aromatic carbocycles. The van der Waals surface area contributed by atoms with Gasteiger partial charge in [-0.15, -0.1) is 0 Å². The van der Waals surface area contributed by atoms with Crippen LogP contribution in [-0.2, 0) is 4.79 Å². The highest BCUT2D eigenvalue weighted by atomic mass is 16.3. The van der Waals surface area contributed by atoms with Crippen LogP contribution in [0.5, 0.6) is 0 Å². The maximum absolute atomic E-state index is 12.3. The molecule has 3 N–H and O–H groups in total. The SMILES string of the molecule is CCCCCCCC/C=C/CCCCCCCC(=O)N[C@@H](CO)[C@H](O)CCCCCCCCCCCCC. The van der Waals surface area contributed by atoms with Crippen LogP contribution in [0.4, 0.5) is 0 Å². The zero-order chi connectivity index (χ0) is 27.9. The van der Waals surface area contributed by atoms with Gasteiger partial charge in [0.05, 0.1) is 18.8 Å². The Morgan fingerprint density at radius 2 is 1.00 bits per heavy atom. The Balaban J connectivity index is 3.59. The molecule has 4 nitrogen and oxygen atoms in total. The Morgan fingerprint density at radius 3 is 1.45 bits per heavy atom. The van der Waals surface area contributed by atoms with Gasteiger partial charge >= 0.3 is 0 Å². The normalized spacial score (nSPS) is 13.3. The highest BCUT2D eigenvalue weighted by Gasteiger charge is 2.19. The Morgan fingerprint density at radius 1 is 0.605 bits per heavy atom. The van der Waals surface area contributed by atoms with Gasteiger partial charge in [-0.2, -0.15) is 0 Å². The lowest BCUT2D eigenvalue weighted by Gasteiger charge is -2.22. The Labute approximate surface area is 237 Å². The van der Waals surface area contributed by atoms with Gasteiger partial charge in [-0.05, 0) is 38.5 Å². The van der Waals surface area contributed by atoms with Crippen LogP contribution in [0.3, 0.4) is 0 Å². The van der Waals surface area contributed by atoms with Crippen LogP contribution in [0.2, 0.25) is 0 Å². The van der Waals surface area contributed by atoms with E-state index >= 15 is 0 Å². The van der Waals surface area contributed by atoms with Crippen molar-refractivity contribution in [2.24, 2.45) is 0 Å². The molecule has 226 valence electrons. The third kappa shape index (κ3) is 26.7. The van der Waals surface area contributed by atoms with E-state index in [9.17, 15) is 15.0 Å². The first-order valence-electron chi connectivity index (χ1n) is 16.9. The van der Waals surface area contributed by atoms with Crippen molar-refractivity contribution < 1.29 is 15.0 Å². The van der Waals surface area contributed by atoms with E-state index in [0.717, 1.165) is 25.7 Å². The van der Waals surface area contributed by atoms with E-state index in [-0.39, 0.29) is 12.5 Å². The number of hydrogen-bond donors (Lipinski definition) is 3. The third-order valence-corrected chi connectivity index (χ3v) is 7.78. The van der Waals surface area contributed by atoms with Gasteiger partial charge < -0.3 is 15.5 Å². The van der Waals surface area contributed by atoms with Crippen LogP contribution in [0.25, 0.3) is 0 Å². The molecule has 0 fully saturated rings. The summed E-state index contributed by atoms with van der Waals surface area (Å²) in [5.74, 6) is -0.0420. The number of amides is 1. The molecule has 0 saturated heterocycles. The molecule has 0 aliphatic rings. The molecular formula is C34H67NO3. The van der Waals surface area contributed by atoms with Crippen molar-refractivity contribution in [3.8, 4) is 0 Å². The minimum Gasteiger partial charge on any atom is -0.394 e. The number of nitrogens with one attached hydrogen (secondary N) is 1. The van der Waals surface area contributed by atoms with E-state index in [1.807, 2.05) is 0 Å². The van der Waals surface area contributed by atoms with E-state index in [0.29, 0.717) is 12.8 Å². The maximum atomic E-state index is 12.3. The predicted molar refractivity (Wildman–Crippen MR) is 166 cm³/mol. The highest BCUT2D eigenvalue weighted by Crippen LogP contribution is 2.14. The van der Waals surface area contributed by atoms with Crippen LogP contribution in [0, 0.1) is 0 Å². The molecule has 0 saturated carbocycles. The fourth-order valence-corrected chi connectivity index (χ4v) is 5.12. The summed E-state index contributed by atoms with van der Waals surface area (Å²) < 4.78 is 0. The zero-order valence-electron chi connectivity index (χ0n) is 25.7. The second-order valence-corrected chi connectivity index (χ2v) is 11.6. The largest absolute Gasteiger partial charge is 0.394 e. The minimum absolute atomic E-state index is 0.0420. The summed E-state index contributed by atoms with van der Waals surface area (Å²) in [6.07, 6.45) is 35.4. The molecule has 0 bridgehead atoms. The molecule has 0 rings (SSSR count). The molecule has 1 amide bonds. The Hall–Kier alpha value is -0.870. The average molecular weight is 538 g/mol. The molecule has 0 unspecified atom stereocenters. The second-order valence-electron chi connectivity index (χ2n) is 11.6. The highest BCUT2D eigenvalue weighted by molar-refractivity contribution is 5.76. The molecule has 4 heteroatoms. The van der Waals surface area contributed by atoms with E-state index in [1.165, 1.54) is 128 Å². The number of aliphatic hydroxyl groups is 2. The van der Waals surface area contributed by atoms with Gasteiger partial charge in [0.1, 0.15) is 0 Å². The Kier molecular flexibility index (Phi) is 30.0. The van der Waals surface area contributed by atoms with Gasteiger partial charge in [0.25, 0.3) is 0 Å². The number of allylic oxidation sites excluding steroid dienone is 2. The number of hydrogen-bond acceptors (Lipinski definition) is 3. The van der Waals surface area contributed by atoms with Crippen molar-refractivity contribution in [3.63, 3.8) is 0 Å². The summed E-state index contributed by atoms with van der Waals surface area (Å²) in [4.78, 5) is 12.3. The van der Waals surface area contributed by atoms with Crippen molar-refractivity contribution >= 4 is 5.91 Å². The molecule has 0 heterocycles. The Bertz CT molecular complexity index is 508. The summed E-state index contributed by atoms with van der Waals surface area (Å²) in [6, 6.07) is -0.534. The quantitative estimate of drug-likeness (QED) is 0.0631. The van der Waals surface area contributed by atoms with E-state index in [4.69, 9.17) is 0 Å². The molecule has 0 aromatic rings. The average Bonchev–Trinajstić information content (AvgIpc) is 2.92. The van der Waals surface area contributed by atoms with Gasteiger partial charge in [-0.1, -0.05) is 148 Å². The predicted octanol–water partition coefficient (Wildman–Crippen LogP) is 9.56. The van der Waals surface area contributed by atoms with E-state index < -0.39 is 12.1 Å². The number of unbranched alkanes of at least 4 members (excludes halogenated alkanes) is 21. The van der Waals surface area contributed by atoms with Crippen LogP contribution >= 0.6 is 0 Å². The first-order valence-corrected chi connectivity index (χ1v) is 16.9. The van der Waals surface area contributed by atoms with Crippen LogP contribution in [0.15, 0.2) is 12.2 Å². The van der Waals surface area contributed by atoms with Crippen LogP contribution < -0.4 is 5.32 Å². The van der Waals surface area contributed by atoms with Crippen molar-refractivity contribution in [3.05, 3.63) is 12.2 Å². The maximum Gasteiger partial charge on any atom is 0.220 e. The van der Waals surface area contributed by atoms with Crippen molar-refractivity contribution in [1.82, 2.24) is 5.32 Å². The van der Waals surface area contributed by atoms with Gasteiger partial charge in [-0.3, -0.25) is 4.79 Å². The first kappa shape index (κ1) is 37.1. The van der Waals surface area contributed by atoms with Crippen molar-refractivity contribution in [1.29, 1.82) is 0 Å². The van der Waals surface area contributed by atoms with Crippen LogP contribution in [0.1, 0.15) is 181 Å². The number of carbonyl (C=O) groups excluding carboxylic acids is 1. The summed E-state index contributed by atoms with van der Waals surface area (Å²) in [5.41, 5.74) is 0. The summed E-state index contributed by atoms with van der Waals surface area (Å²) in [6.45, 7) is 4.33. The van der Waals surface area contributed by atoms with Gasteiger partial charge in [0.2, 0.25) is 5.91 Å². The molecule has 38 heavy (non-hydrogen) atoms. The summed E-state index contributed by atoms with van der Waals surface area (Å²) >= 11 is 0. The summed E-state index contributed by atoms with van der Waals surface area (Å²) in [7, 11) is 0. The third-order valence-electron chi connectivity index (χ3n) is 7.78. The fraction of sp³-hybridized carbons (Fsp3) is 0.912. The lowest BCUT2D eigenvalue weighted by atomic mass is 10.0. The number of carbonyl (C=O) groups is 1. The van der Waals surface area contributed by atoms with Gasteiger partial charge in [0.15, 0.2) is 0 Å². The lowest BCUT2D eigenvalue weighted by molar-refractivity contribution is -0.123.